The van der Waals surface area contributed by atoms with E-state index in [2.05, 4.69) is 121 Å². The maximum atomic E-state index is 7.43. The molecule has 2 nitrogen and oxygen atoms in total. The normalized spacial score (nSPS) is 23.8. The van der Waals surface area contributed by atoms with Crippen LogP contribution in [0.2, 0.25) is 0 Å². The minimum atomic E-state index is -1.95. The Labute approximate surface area is 211 Å². The summed E-state index contributed by atoms with van der Waals surface area (Å²) in [5.41, 5.74) is 0. The molecule has 0 aliphatic heterocycles. The van der Waals surface area contributed by atoms with Gasteiger partial charge in [-0.25, -0.2) is 0 Å². The molecular weight excluding hydrogens is 466 g/mol. The summed E-state index contributed by atoms with van der Waals surface area (Å²) in [5.74, 6) is 0.674. The number of hydrogen-bond acceptors (Lipinski definition) is 2. The molecule has 4 heteroatoms. The molecule has 2 saturated carbocycles. The average molecular weight is 501 g/mol. The Morgan fingerprint density at radius 1 is 0.514 bits per heavy atom. The molecule has 0 heterocycles. The fourth-order valence-corrected chi connectivity index (χ4v) is 11.3. The van der Waals surface area contributed by atoms with E-state index in [1.54, 1.807) is 0 Å². The molecule has 2 fully saturated rings. The standard InChI is InChI=1S/C31H34O2P2/c1-5-13-27(14-6-1)34(28-15-7-2-8-16-28)32-31(24-25-21-22-26(31)23-25)33-35(29-17-9-3-10-18-29)30-19-11-4-12-20-30/h1-20,25-26H,21-24,34-35H2. The molecule has 0 amide bonds. The Balaban J connectivity index is 1.42. The number of hydrogen-bond donors (Lipinski definition) is 0. The minimum absolute atomic E-state index is 0.470. The van der Waals surface area contributed by atoms with Crippen LogP contribution in [-0.2, 0) is 9.05 Å². The van der Waals surface area contributed by atoms with Crippen molar-refractivity contribution in [3.63, 3.8) is 0 Å². The average Bonchev–Trinajstić information content (AvgIpc) is 3.54. The SMILES string of the molecule is c1ccc([PH2](OC2(O[PH2](c3ccccc3)c3ccccc3)CC3CCC2C3)c2ccccc2)cc1. The van der Waals surface area contributed by atoms with E-state index in [0.717, 1.165) is 6.42 Å². The summed E-state index contributed by atoms with van der Waals surface area (Å²) < 4.78 is 14.9. The molecule has 35 heavy (non-hydrogen) atoms. The summed E-state index contributed by atoms with van der Waals surface area (Å²) in [6, 6.07) is 43.5. The van der Waals surface area contributed by atoms with Crippen molar-refractivity contribution in [2.45, 2.75) is 31.5 Å². The van der Waals surface area contributed by atoms with Crippen molar-refractivity contribution in [1.29, 1.82) is 0 Å². The second kappa shape index (κ2) is 10.3. The predicted octanol–water partition coefficient (Wildman–Crippen LogP) is 5.56. The molecule has 2 atom stereocenters. The van der Waals surface area contributed by atoms with Gasteiger partial charge in [-0.15, -0.1) is 0 Å². The first-order valence-corrected chi connectivity index (χ1v) is 16.1. The van der Waals surface area contributed by atoms with Crippen LogP contribution in [0.25, 0.3) is 0 Å². The van der Waals surface area contributed by atoms with Crippen LogP contribution in [0.3, 0.4) is 0 Å². The monoisotopic (exact) mass is 500 g/mol. The fourth-order valence-electron chi connectivity index (χ4n) is 6.11. The Kier molecular flexibility index (Phi) is 6.82. The van der Waals surface area contributed by atoms with Crippen LogP contribution in [0, 0.1) is 11.8 Å². The van der Waals surface area contributed by atoms with Crippen LogP contribution in [0.5, 0.6) is 0 Å². The van der Waals surface area contributed by atoms with Crippen LogP contribution in [0.15, 0.2) is 121 Å². The van der Waals surface area contributed by atoms with Crippen LogP contribution >= 0.6 is 16.3 Å². The molecule has 0 N–H and O–H groups in total. The molecule has 0 aromatic heterocycles. The zero-order chi connectivity index (χ0) is 23.5. The first kappa shape index (κ1) is 23.1. The van der Waals surface area contributed by atoms with Crippen molar-refractivity contribution in [1.82, 2.24) is 0 Å². The Morgan fingerprint density at radius 2 is 0.886 bits per heavy atom. The van der Waals surface area contributed by atoms with E-state index in [9.17, 15) is 0 Å². The quantitative estimate of drug-likeness (QED) is 0.233. The van der Waals surface area contributed by atoms with E-state index in [1.165, 1.54) is 40.5 Å². The molecule has 6 rings (SSSR count). The second-order valence-corrected chi connectivity index (χ2v) is 14.7. The molecule has 4 aromatic carbocycles. The van der Waals surface area contributed by atoms with E-state index in [1.807, 2.05) is 0 Å². The van der Waals surface area contributed by atoms with Gasteiger partial charge in [-0.05, 0) is 0 Å². The topological polar surface area (TPSA) is 18.5 Å². The van der Waals surface area contributed by atoms with Crippen LogP contribution in [-0.4, -0.2) is 5.79 Å². The van der Waals surface area contributed by atoms with Crippen LogP contribution < -0.4 is 21.2 Å². The first-order valence-electron chi connectivity index (χ1n) is 12.9. The summed E-state index contributed by atoms with van der Waals surface area (Å²) in [6.07, 6.45) is 4.77. The van der Waals surface area contributed by atoms with Gasteiger partial charge < -0.3 is 0 Å². The van der Waals surface area contributed by atoms with Gasteiger partial charge in [0.05, 0.1) is 0 Å². The second-order valence-electron chi connectivity index (χ2n) is 10.0. The van der Waals surface area contributed by atoms with Crippen molar-refractivity contribution in [2.75, 3.05) is 0 Å². The van der Waals surface area contributed by atoms with Crippen molar-refractivity contribution in [2.24, 2.45) is 11.8 Å². The molecule has 180 valence electrons. The molecule has 4 aromatic rings. The number of rotatable bonds is 8. The van der Waals surface area contributed by atoms with Crippen molar-refractivity contribution >= 4 is 37.5 Å². The third kappa shape index (κ3) is 4.87. The number of fused-ring (bicyclic) bond motifs is 2. The van der Waals surface area contributed by atoms with E-state index in [4.69, 9.17) is 9.05 Å². The summed E-state index contributed by atoms with van der Waals surface area (Å²) in [4.78, 5) is 0. The van der Waals surface area contributed by atoms with Gasteiger partial charge in [0, 0.05) is 0 Å². The number of benzene rings is 4. The van der Waals surface area contributed by atoms with Crippen molar-refractivity contribution in [3.8, 4) is 0 Å². The predicted molar refractivity (Wildman–Crippen MR) is 154 cm³/mol. The zero-order valence-corrected chi connectivity index (χ0v) is 22.3. The maximum absolute atomic E-state index is 7.43. The third-order valence-corrected chi connectivity index (χ3v) is 13.0. The van der Waals surface area contributed by atoms with Crippen LogP contribution in [0.1, 0.15) is 25.7 Å². The Bertz CT molecular complexity index is 1050. The molecule has 2 unspecified atom stereocenters. The van der Waals surface area contributed by atoms with Gasteiger partial charge in [0.15, 0.2) is 0 Å². The van der Waals surface area contributed by atoms with E-state index in [-0.39, 0.29) is 0 Å². The van der Waals surface area contributed by atoms with E-state index >= 15 is 0 Å². The molecule has 2 aliphatic rings. The molecular formula is C31H34O2P2. The Hall–Kier alpha value is -2.34. The van der Waals surface area contributed by atoms with E-state index < -0.39 is 22.1 Å². The molecule has 0 radical (unpaired) electrons. The molecule has 0 saturated heterocycles. The van der Waals surface area contributed by atoms with Gasteiger partial charge in [-0.3, -0.25) is 0 Å². The summed E-state index contributed by atoms with van der Waals surface area (Å²) >= 11 is 0. The summed E-state index contributed by atoms with van der Waals surface area (Å²) in [7, 11) is -3.90. The van der Waals surface area contributed by atoms with Crippen LogP contribution in [0.4, 0.5) is 0 Å². The zero-order valence-electron chi connectivity index (χ0n) is 20.0. The van der Waals surface area contributed by atoms with Gasteiger partial charge in [-0.2, -0.15) is 0 Å². The van der Waals surface area contributed by atoms with Gasteiger partial charge in [0.1, 0.15) is 0 Å². The molecule has 0 spiro atoms. The van der Waals surface area contributed by atoms with Gasteiger partial charge in [-0.1, -0.05) is 0 Å². The summed E-state index contributed by atoms with van der Waals surface area (Å²) in [5, 5.41) is 5.29. The Morgan fingerprint density at radius 3 is 1.17 bits per heavy atom. The molecule has 2 bridgehead atoms. The fraction of sp³-hybridized carbons (Fsp3) is 0.226. The van der Waals surface area contributed by atoms with Gasteiger partial charge in [0.2, 0.25) is 0 Å². The van der Waals surface area contributed by atoms with Crippen molar-refractivity contribution < 1.29 is 9.05 Å². The van der Waals surface area contributed by atoms with Crippen molar-refractivity contribution in [3.05, 3.63) is 121 Å². The third-order valence-electron chi connectivity index (χ3n) is 7.78. The summed E-state index contributed by atoms with van der Waals surface area (Å²) in [6.45, 7) is 0. The van der Waals surface area contributed by atoms with E-state index in [0.29, 0.717) is 11.8 Å². The first-order chi connectivity index (χ1) is 17.3. The van der Waals surface area contributed by atoms with Gasteiger partial charge >= 0.3 is 211 Å². The van der Waals surface area contributed by atoms with Gasteiger partial charge in [0.25, 0.3) is 0 Å². The molecule has 2 aliphatic carbocycles.